The number of aromatic nitrogens is 1. The second kappa shape index (κ2) is 10.4. The Bertz CT molecular complexity index is 965. The lowest BCUT2D eigenvalue weighted by atomic mass is 9.85. The highest BCUT2D eigenvalue weighted by atomic mass is 32.2. The van der Waals surface area contributed by atoms with E-state index in [-0.39, 0.29) is 17.9 Å². The van der Waals surface area contributed by atoms with Gasteiger partial charge in [-0.05, 0) is 28.8 Å². The SMILES string of the molecule is O=C(O)c1cccnc1SCC(O)C(c1ccccc1)C(O)c1ccc(CO)cc1. The number of carboxylic acid groups (broad SMARTS) is 1. The molecule has 156 valence electrons. The van der Waals surface area contributed by atoms with Crippen LogP contribution in [0.5, 0.6) is 0 Å². The largest absolute Gasteiger partial charge is 0.478 e. The second-order valence-electron chi connectivity index (χ2n) is 6.82. The summed E-state index contributed by atoms with van der Waals surface area (Å²) in [6.45, 7) is -0.0895. The molecule has 0 aliphatic rings. The van der Waals surface area contributed by atoms with Crippen LogP contribution in [0.25, 0.3) is 0 Å². The average molecular weight is 426 g/mol. The summed E-state index contributed by atoms with van der Waals surface area (Å²) in [6, 6.07) is 19.2. The van der Waals surface area contributed by atoms with Crippen molar-refractivity contribution in [2.45, 2.75) is 29.8 Å². The topological polar surface area (TPSA) is 111 Å². The summed E-state index contributed by atoms with van der Waals surface area (Å²) in [4.78, 5) is 15.5. The Morgan fingerprint density at radius 3 is 2.27 bits per heavy atom. The molecule has 1 heterocycles. The number of benzene rings is 2. The van der Waals surface area contributed by atoms with Gasteiger partial charge in [0.05, 0.1) is 24.4 Å². The van der Waals surface area contributed by atoms with Crippen molar-refractivity contribution in [3.8, 4) is 0 Å². The molecule has 0 amide bonds. The van der Waals surface area contributed by atoms with Gasteiger partial charge in [0.25, 0.3) is 0 Å². The third-order valence-electron chi connectivity index (χ3n) is 4.84. The Kier molecular flexibility index (Phi) is 7.59. The van der Waals surface area contributed by atoms with E-state index in [0.29, 0.717) is 10.6 Å². The van der Waals surface area contributed by atoms with Crippen LogP contribution in [0, 0.1) is 0 Å². The fraction of sp³-hybridized carbons (Fsp3) is 0.217. The highest BCUT2D eigenvalue weighted by Crippen LogP contribution is 2.36. The molecule has 0 spiro atoms. The number of aliphatic hydroxyl groups excluding tert-OH is 3. The van der Waals surface area contributed by atoms with Gasteiger partial charge in [0.1, 0.15) is 5.03 Å². The normalized spacial score (nSPS) is 14.1. The fourth-order valence-corrected chi connectivity index (χ4v) is 4.24. The Labute approximate surface area is 178 Å². The van der Waals surface area contributed by atoms with Crippen molar-refractivity contribution in [3.63, 3.8) is 0 Å². The maximum Gasteiger partial charge on any atom is 0.338 e. The highest BCUT2D eigenvalue weighted by molar-refractivity contribution is 7.99. The number of nitrogens with zero attached hydrogens (tertiary/aromatic N) is 1. The van der Waals surface area contributed by atoms with Crippen LogP contribution >= 0.6 is 11.8 Å². The lowest BCUT2D eigenvalue weighted by molar-refractivity contribution is 0.0639. The maximum absolute atomic E-state index is 11.4. The van der Waals surface area contributed by atoms with Crippen LogP contribution in [-0.2, 0) is 6.61 Å². The minimum atomic E-state index is -1.08. The van der Waals surface area contributed by atoms with Crippen molar-refractivity contribution in [1.82, 2.24) is 4.98 Å². The van der Waals surface area contributed by atoms with E-state index >= 15 is 0 Å². The Balaban J connectivity index is 1.84. The molecule has 3 unspecified atom stereocenters. The first-order valence-electron chi connectivity index (χ1n) is 9.43. The standard InChI is InChI=1S/C23H23NO5S/c25-13-15-8-10-17(11-9-15)21(27)20(16-5-2-1-3-6-16)19(26)14-30-22-18(23(28)29)7-4-12-24-22/h1-12,19-21,25-27H,13-14H2,(H,28,29). The van der Waals surface area contributed by atoms with Gasteiger partial charge < -0.3 is 20.4 Å². The number of rotatable bonds is 9. The van der Waals surface area contributed by atoms with Crippen molar-refractivity contribution in [2.75, 3.05) is 5.75 Å². The molecule has 3 atom stereocenters. The molecule has 0 bridgehead atoms. The van der Waals surface area contributed by atoms with Crippen LogP contribution in [-0.4, -0.2) is 43.2 Å². The number of thioether (sulfide) groups is 1. The van der Waals surface area contributed by atoms with Crippen LogP contribution < -0.4 is 0 Å². The van der Waals surface area contributed by atoms with E-state index in [4.69, 9.17) is 0 Å². The van der Waals surface area contributed by atoms with Crippen LogP contribution in [0.3, 0.4) is 0 Å². The zero-order valence-corrected chi connectivity index (χ0v) is 16.9. The minimum Gasteiger partial charge on any atom is -0.478 e. The molecule has 6 nitrogen and oxygen atoms in total. The molecule has 7 heteroatoms. The first kappa shape index (κ1) is 22.0. The molecule has 1 aromatic heterocycles. The van der Waals surface area contributed by atoms with Gasteiger partial charge in [-0.3, -0.25) is 0 Å². The average Bonchev–Trinajstić information content (AvgIpc) is 2.78. The summed E-state index contributed by atoms with van der Waals surface area (Å²) < 4.78 is 0. The summed E-state index contributed by atoms with van der Waals surface area (Å²) in [5.74, 6) is -1.55. The fourth-order valence-electron chi connectivity index (χ4n) is 3.25. The van der Waals surface area contributed by atoms with E-state index < -0.39 is 24.1 Å². The van der Waals surface area contributed by atoms with E-state index in [9.17, 15) is 25.2 Å². The number of carbonyl (C=O) groups is 1. The first-order valence-corrected chi connectivity index (χ1v) is 10.4. The zero-order valence-electron chi connectivity index (χ0n) is 16.1. The van der Waals surface area contributed by atoms with Crippen LogP contribution in [0.4, 0.5) is 0 Å². The molecule has 30 heavy (non-hydrogen) atoms. The quantitative estimate of drug-likeness (QED) is 0.390. The number of aliphatic hydroxyl groups is 3. The minimum absolute atomic E-state index is 0.0751. The summed E-state index contributed by atoms with van der Waals surface area (Å²) >= 11 is 1.14. The summed E-state index contributed by atoms with van der Waals surface area (Å²) in [7, 11) is 0. The maximum atomic E-state index is 11.4. The highest BCUT2D eigenvalue weighted by Gasteiger charge is 2.30. The van der Waals surface area contributed by atoms with Crippen molar-refractivity contribution >= 4 is 17.7 Å². The molecule has 0 saturated heterocycles. The molecule has 0 aliphatic carbocycles. The van der Waals surface area contributed by atoms with E-state index in [2.05, 4.69) is 4.98 Å². The predicted octanol–water partition coefficient (Wildman–Crippen LogP) is 3.24. The van der Waals surface area contributed by atoms with Gasteiger partial charge in [0, 0.05) is 17.9 Å². The van der Waals surface area contributed by atoms with Gasteiger partial charge >= 0.3 is 5.97 Å². The third-order valence-corrected chi connectivity index (χ3v) is 5.94. The van der Waals surface area contributed by atoms with Gasteiger partial charge in [0.2, 0.25) is 0 Å². The van der Waals surface area contributed by atoms with E-state index in [0.717, 1.165) is 22.9 Å². The number of aromatic carboxylic acids is 1. The summed E-state index contributed by atoms with van der Waals surface area (Å²) in [5, 5.41) is 40.9. The van der Waals surface area contributed by atoms with Gasteiger partial charge in [-0.15, -0.1) is 11.8 Å². The first-order chi connectivity index (χ1) is 14.5. The molecule has 0 saturated carbocycles. The van der Waals surface area contributed by atoms with Crippen molar-refractivity contribution in [3.05, 3.63) is 95.2 Å². The van der Waals surface area contributed by atoms with Gasteiger partial charge in [-0.1, -0.05) is 54.6 Å². The van der Waals surface area contributed by atoms with Crippen LogP contribution in [0.1, 0.15) is 39.1 Å². The number of hydrogen-bond donors (Lipinski definition) is 4. The van der Waals surface area contributed by atoms with Gasteiger partial charge in [-0.2, -0.15) is 0 Å². The zero-order chi connectivity index (χ0) is 21.5. The van der Waals surface area contributed by atoms with Gasteiger partial charge in [-0.25, -0.2) is 9.78 Å². The smallest absolute Gasteiger partial charge is 0.338 e. The molecule has 0 radical (unpaired) electrons. The van der Waals surface area contributed by atoms with Crippen molar-refractivity contribution in [1.29, 1.82) is 0 Å². The lowest BCUT2D eigenvalue weighted by Gasteiger charge is -2.28. The van der Waals surface area contributed by atoms with Crippen molar-refractivity contribution < 1.29 is 25.2 Å². The molecule has 0 fully saturated rings. The summed E-state index contributed by atoms with van der Waals surface area (Å²) in [6.07, 6.45) is -0.445. The van der Waals surface area contributed by atoms with E-state index in [1.54, 1.807) is 30.3 Å². The molecule has 0 aliphatic heterocycles. The van der Waals surface area contributed by atoms with Crippen LogP contribution in [0.2, 0.25) is 0 Å². The second-order valence-corrected chi connectivity index (χ2v) is 7.83. The lowest BCUT2D eigenvalue weighted by Crippen LogP contribution is -2.27. The number of carboxylic acids is 1. The van der Waals surface area contributed by atoms with E-state index in [1.165, 1.54) is 12.3 Å². The molecule has 3 rings (SSSR count). The van der Waals surface area contributed by atoms with Crippen molar-refractivity contribution in [2.24, 2.45) is 0 Å². The molecule has 3 aromatic rings. The van der Waals surface area contributed by atoms with Gasteiger partial charge in [0.15, 0.2) is 0 Å². The predicted molar refractivity (Wildman–Crippen MR) is 114 cm³/mol. The van der Waals surface area contributed by atoms with E-state index in [1.807, 2.05) is 30.3 Å². The number of hydrogen-bond acceptors (Lipinski definition) is 6. The monoisotopic (exact) mass is 425 g/mol. The molecule has 2 aromatic carbocycles. The Morgan fingerprint density at radius 1 is 0.933 bits per heavy atom. The number of pyridine rings is 1. The third kappa shape index (κ3) is 5.25. The summed E-state index contributed by atoms with van der Waals surface area (Å²) in [5.41, 5.74) is 2.19. The Hall–Kier alpha value is -2.71. The molecular weight excluding hydrogens is 402 g/mol. The molecule has 4 N–H and O–H groups in total. The molecular formula is C23H23NO5S. The van der Waals surface area contributed by atoms with Crippen LogP contribution in [0.15, 0.2) is 78.0 Å². The Morgan fingerprint density at radius 2 is 1.63 bits per heavy atom.